The van der Waals surface area contributed by atoms with E-state index in [1.54, 1.807) is 42.5 Å². The summed E-state index contributed by atoms with van der Waals surface area (Å²) in [6.45, 7) is 0.305. The maximum Gasteiger partial charge on any atom is 0.264 e. The Morgan fingerprint density at radius 1 is 0.967 bits per heavy atom. The molecule has 0 saturated heterocycles. The zero-order chi connectivity index (χ0) is 21.1. The highest BCUT2D eigenvalue weighted by molar-refractivity contribution is 9.10. The van der Waals surface area contributed by atoms with E-state index in [0.717, 1.165) is 10.0 Å². The van der Waals surface area contributed by atoms with Crippen LogP contribution >= 0.6 is 15.9 Å². The second-order valence-corrected chi connectivity index (χ2v) is 8.13. The first-order valence-corrected chi connectivity index (χ1v) is 10.4. The van der Waals surface area contributed by atoms with E-state index in [-0.39, 0.29) is 12.2 Å². The molecule has 0 radical (unpaired) electrons. The Hall–Kier alpha value is -3.02. The molecule has 30 heavy (non-hydrogen) atoms. The summed E-state index contributed by atoms with van der Waals surface area (Å²) in [7, 11) is 0. The Labute approximate surface area is 183 Å². The minimum atomic E-state index is -1.87. The summed E-state index contributed by atoms with van der Waals surface area (Å²) in [5, 5.41) is 11.3. The van der Waals surface area contributed by atoms with Gasteiger partial charge in [-0.2, -0.15) is 0 Å². The molecule has 0 aliphatic carbocycles. The topological polar surface area (TPSA) is 57.6 Å². The maximum absolute atomic E-state index is 13.2. The molecule has 1 N–H and O–H groups in total. The maximum atomic E-state index is 13.2. The number of hydrogen-bond donors (Lipinski definition) is 1. The molecule has 4 rings (SSSR count). The fraction of sp³-hybridized carbons (Fsp3) is 0.120. The lowest BCUT2D eigenvalue weighted by molar-refractivity contribution is -0.135. The number of fused-ring (bicyclic) bond motifs is 1. The van der Waals surface area contributed by atoms with E-state index in [4.69, 9.17) is 0 Å². The van der Waals surface area contributed by atoms with Gasteiger partial charge in [0.2, 0.25) is 0 Å². The second kappa shape index (κ2) is 8.38. The van der Waals surface area contributed by atoms with Crippen molar-refractivity contribution in [2.24, 2.45) is 0 Å². The van der Waals surface area contributed by atoms with Crippen molar-refractivity contribution in [1.82, 2.24) is 0 Å². The molecular formula is C25H20BrNO3. The SMILES string of the molecule is O=C(CC1(O)C(=O)N(CC=Cc2ccccc2)c2ccccc21)c1ccc(Br)cc1. The van der Waals surface area contributed by atoms with Gasteiger partial charge in [0.1, 0.15) is 0 Å². The number of carbonyl (C=O) groups is 2. The van der Waals surface area contributed by atoms with Crippen LogP contribution in [0.25, 0.3) is 6.08 Å². The van der Waals surface area contributed by atoms with Crippen LogP contribution in [0.15, 0.2) is 89.4 Å². The lowest BCUT2D eigenvalue weighted by Crippen LogP contribution is -2.41. The molecule has 1 unspecified atom stereocenters. The van der Waals surface area contributed by atoms with Crippen LogP contribution in [0.2, 0.25) is 0 Å². The van der Waals surface area contributed by atoms with Gasteiger partial charge < -0.3 is 10.0 Å². The van der Waals surface area contributed by atoms with Crippen LogP contribution in [0.5, 0.6) is 0 Å². The molecule has 1 aliphatic heterocycles. The molecule has 0 saturated carbocycles. The largest absolute Gasteiger partial charge is 0.375 e. The number of rotatable bonds is 6. The average Bonchev–Trinajstić information content (AvgIpc) is 2.97. The number of anilines is 1. The van der Waals surface area contributed by atoms with E-state index in [1.165, 1.54) is 4.90 Å². The Morgan fingerprint density at radius 2 is 1.63 bits per heavy atom. The Bertz CT molecular complexity index is 1110. The van der Waals surface area contributed by atoms with E-state index in [9.17, 15) is 14.7 Å². The smallest absolute Gasteiger partial charge is 0.264 e. The first kappa shape index (κ1) is 20.3. The van der Waals surface area contributed by atoms with Gasteiger partial charge in [0.25, 0.3) is 5.91 Å². The Balaban J connectivity index is 1.59. The van der Waals surface area contributed by atoms with Crippen molar-refractivity contribution in [3.8, 4) is 0 Å². The Kier molecular flexibility index (Phi) is 5.66. The normalized spacial score (nSPS) is 18.1. The summed E-state index contributed by atoms with van der Waals surface area (Å²) in [4.78, 5) is 27.6. The number of Topliss-reactive ketones (excluding diaryl/α,β-unsaturated/α-hetero) is 1. The monoisotopic (exact) mass is 461 g/mol. The third-order valence-electron chi connectivity index (χ3n) is 5.22. The molecule has 0 fully saturated rings. The minimum absolute atomic E-state index is 0.283. The molecular weight excluding hydrogens is 442 g/mol. The highest BCUT2D eigenvalue weighted by Gasteiger charge is 2.50. The van der Waals surface area contributed by atoms with Crippen molar-refractivity contribution >= 4 is 39.4 Å². The molecule has 5 heteroatoms. The van der Waals surface area contributed by atoms with Crippen LogP contribution in [-0.4, -0.2) is 23.3 Å². The summed E-state index contributed by atoms with van der Waals surface area (Å²) in [5.41, 5.74) is 0.707. The molecule has 0 spiro atoms. The number of aliphatic hydroxyl groups is 1. The number of carbonyl (C=O) groups excluding carboxylic acids is 2. The fourth-order valence-electron chi connectivity index (χ4n) is 3.69. The standard InChI is InChI=1S/C25H20BrNO3/c26-20-14-12-19(13-15-20)23(28)17-25(30)21-10-4-5-11-22(21)27(24(25)29)16-6-9-18-7-2-1-3-8-18/h1-15,30H,16-17H2. The minimum Gasteiger partial charge on any atom is -0.375 e. The summed E-state index contributed by atoms with van der Waals surface area (Å²) in [6.07, 6.45) is 3.51. The highest BCUT2D eigenvalue weighted by atomic mass is 79.9. The number of hydrogen-bond acceptors (Lipinski definition) is 3. The molecule has 0 aromatic heterocycles. The number of amides is 1. The van der Waals surface area contributed by atoms with Crippen molar-refractivity contribution < 1.29 is 14.7 Å². The summed E-state index contributed by atoms with van der Waals surface area (Å²) in [5.74, 6) is -0.762. The van der Waals surface area contributed by atoms with Gasteiger partial charge >= 0.3 is 0 Å². The van der Waals surface area contributed by atoms with Gasteiger partial charge in [-0.05, 0) is 23.8 Å². The molecule has 0 bridgehead atoms. The van der Waals surface area contributed by atoms with Crippen molar-refractivity contribution in [2.45, 2.75) is 12.0 Å². The van der Waals surface area contributed by atoms with Crippen molar-refractivity contribution in [3.05, 3.63) is 106 Å². The van der Waals surface area contributed by atoms with Crippen LogP contribution < -0.4 is 4.90 Å². The fourth-order valence-corrected chi connectivity index (χ4v) is 3.95. The van der Waals surface area contributed by atoms with Crippen LogP contribution in [0.1, 0.15) is 27.9 Å². The number of benzene rings is 3. The summed E-state index contributed by atoms with van der Waals surface area (Å²) in [6, 6.07) is 23.8. The van der Waals surface area contributed by atoms with Gasteiger partial charge in [-0.1, -0.05) is 88.7 Å². The molecule has 3 aromatic rings. The zero-order valence-electron chi connectivity index (χ0n) is 16.2. The first-order chi connectivity index (χ1) is 14.5. The lowest BCUT2D eigenvalue weighted by atomic mass is 9.88. The van der Waals surface area contributed by atoms with Crippen LogP contribution in [0.4, 0.5) is 5.69 Å². The van der Waals surface area contributed by atoms with E-state index < -0.39 is 11.5 Å². The van der Waals surface area contributed by atoms with Crippen LogP contribution in [0.3, 0.4) is 0 Å². The molecule has 1 heterocycles. The van der Waals surface area contributed by atoms with Gasteiger partial charge in [-0.3, -0.25) is 9.59 Å². The van der Waals surface area contributed by atoms with Crippen LogP contribution in [-0.2, 0) is 10.4 Å². The molecule has 1 atom stereocenters. The molecule has 1 amide bonds. The van der Waals surface area contributed by atoms with E-state index in [0.29, 0.717) is 23.4 Å². The quantitative estimate of drug-likeness (QED) is 0.527. The van der Waals surface area contributed by atoms with Crippen molar-refractivity contribution in [3.63, 3.8) is 0 Å². The van der Waals surface area contributed by atoms with Crippen molar-refractivity contribution in [1.29, 1.82) is 0 Å². The van der Waals surface area contributed by atoms with Gasteiger partial charge in [0.15, 0.2) is 11.4 Å². The summed E-state index contributed by atoms with van der Waals surface area (Å²) < 4.78 is 0.858. The molecule has 150 valence electrons. The van der Waals surface area contributed by atoms with Gasteiger partial charge in [-0.15, -0.1) is 0 Å². The Morgan fingerprint density at radius 3 is 2.37 bits per heavy atom. The molecule has 1 aliphatic rings. The lowest BCUT2D eigenvalue weighted by Gasteiger charge is -2.22. The van der Waals surface area contributed by atoms with E-state index in [1.807, 2.05) is 48.6 Å². The third-order valence-corrected chi connectivity index (χ3v) is 5.75. The summed E-state index contributed by atoms with van der Waals surface area (Å²) >= 11 is 3.35. The number of nitrogens with zero attached hydrogens (tertiary/aromatic N) is 1. The molecule has 4 nitrogen and oxygen atoms in total. The van der Waals surface area contributed by atoms with Crippen LogP contribution in [0, 0.1) is 0 Å². The van der Waals surface area contributed by atoms with Crippen molar-refractivity contribution in [2.75, 3.05) is 11.4 Å². The first-order valence-electron chi connectivity index (χ1n) is 9.63. The third kappa shape index (κ3) is 3.86. The van der Waals surface area contributed by atoms with E-state index in [2.05, 4.69) is 15.9 Å². The van der Waals surface area contributed by atoms with E-state index >= 15 is 0 Å². The average molecular weight is 462 g/mol. The predicted octanol–water partition coefficient (Wildman–Crippen LogP) is 4.97. The molecule has 3 aromatic carbocycles. The van der Waals surface area contributed by atoms with Gasteiger partial charge in [0, 0.05) is 22.1 Å². The highest BCUT2D eigenvalue weighted by Crippen LogP contribution is 2.42. The number of para-hydroxylation sites is 1. The zero-order valence-corrected chi connectivity index (χ0v) is 17.7. The number of halogens is 1. The van der Waals surface area contributed by atoms with Gasteiger partial charge in [0.05, 0.1) is 12.1 Å². The second-order valence-electron chi connectivity index (χ2n) is 7.21. The van der Waals surface area contributed by atoms with Gasteiger partial charge in [-0.25, -0.2) is 0 Å². The number of ketones is 1. The predicted molar refractivity (Wildman–Crippen MR) is 121 cm³/mol.